The van der Waals surface area contributed by atoms with E-state index >= 15 is 0 Å². The molecule has 0 fully saturated rings. The second-order valence-corrected chi connectivity index (χ2v) is 8.72. The number of carbonyl (C=O) groups is 1. The molecule has 0 aromatic heterocycles. The molecule has 0 aliphatic rings. The smallest absolute Gasteiger partial charge is 0.243 e. The lowest BCUT2D eigenvalue weighted by atomic mass is 10.1. The Balaban J connectivity index is 2.02. The van der Waals surface area contributed by atoms with Gasteiger partial charge in [0.25, 0.3) is 0 Å². The molecule has 29 heavy (non-hydrogen) atoms. The van der Waals surface area contributed by atoms with Gasteiger partial charge in [0.15, 0.2) is 0 Å². The van der Waals surface area contributed by atoms with E-state index in [4.69, 9.17) is 0 Å². The van der Waals surface area contributed by atoms with Crippen LogP contribution in [0.1, 0.15) is 31.0 Å². The molecule has 0 bridgehead atoms. The fraction of sp³-hybridized carbons (Fsp3) is 0.174. The first-order valence-electron chi connectivity index (χ1n) is 9.36. The van der Waals surface area contributed by atoms with Crippen molar-refractivity contribution in [3.8, 4) is 0 Å². The summed E-state index contributed by atoms with van der Waals surface area (Å²) in [5.41, 5.74) is 2.34. The highest BCUT2D eigenvalue weighted by Crippen LogP contribution is 2.30. The van der Waals surface area contributed by atoms with Crippen LogP contribution in [0, 0.1) is 0 Å². The van der Waals surface area contributed by atoms with E-state index in [9.17, 15) is 13.2 Å². The maximum atomic E-state index is 13.5. The fourth-order valence-corrected chi connectivity index (χ4v) is 4.80. The Bertz CT molecular complexity index is 1070. The van der Waals surface area contributed by atoms with E-state index in [0.717, 1.165) is 11.1 Å². The minimum absolute atomic E-state index is 0.173. The van der Waals surface area contributed by atoms with Gasteiger partial charge in [0.1, 0.15) is 0 Å². The van der Waals surface area contributed by atoms with E-state index in [1.165, 1.54) is 11.2 Å². The standard InChI is InChI=1S/C23H24N2O3S/c1-18(21-12-9-13-22(16-21)24-19(2)26)25(17-20-10-5-3-6-11-20)29(27,28)23-14-7-4-8-15-23/h3-16,18H,17H2,1-2H3,(H,24,26)/t18-/m1/s1. The van der Waals surface area contributed by atoms with Crippen LogP contribution in [-0.2, 0) is 21.4 Å². The Hall–Kier alpha value is -2.96. The van der Waals surface area contributed by atoms with Gasteiger partial charge in [-0.05, 0) is 42.3 Å². The van der Waals surface area contributed by atoms with Crippen LogP contribution in [0.25, 0.3) is 0 Å². The maximum Gasteiger partial charge on any atom is 0.243 e. The van der Waals surface area contributed by atoms with Crippen LogP contribution in [0.15, 0.2) is 89.8 Å². The summed E-state index contributed by atoms with van der Waals surface area (Å²) in [6.45, 7) is 3.54. The number of amides is 1. The normalized spacial score (nSPS) is 12.5. The zero-order valence-corrected chi connectivity index (χ0v) is 17.3. The zero-order chi connectivity index (χ0) is 20.9. The van der Waals surface area contributed by atoms with Gasteiger partial charge in [0, 0.05) is 25.2 Å². The Morgan fingerprint density at radius 1 is 0.931 bits per heavy atom. The predicted octanol–water partition coefficient (Wildman–Crippen LogP) is 4.60. The first-order chi connectivity index (χ1) is 13.9. The number of nitrogens with zero attached hydrogens (tertiary/aromatic N) is 1. The van der Waals surface area contributed by atoms with Crippen molar-refractivity contribution < 1.29 is 13.2 Å². The van der Waals surface area contributed by atoms with Gasteiger partial charge < -0.3 is 5.32 Å². The summed E-state index contributed by atoms with van der Waals surface area (Å²) in [6, 6.07) is 24.8. The molecule has 3 aromatic rings. The lowest BCUT2D eigenvalue weighted by molar-refractivity contribution is -0.114. The molecule has 0 saturated heterocycles. The number of rotatable bonds is 7. The molecule has 1 N–H and O–H groups in total. The first kappa shape index (κ1) is 20.8. The molecule has 150 valence electrons. The molecule has 0 unspecified atom stereocenters. The molecule has 1 atom stereocenters. The zero-order valence-electron chi connectivity index (χ0n) is 16.4. The van der Waals surface area contributed by atoms with Gasteiger partial charge in [0.2, 0.25) is 15.9 Å². The number of carbonyl (C=O) groups excluding carboxylic acids is 1. The Kier molecular flexibility index (Phi) is 6.46. The quantitative estimate of drug-likeness (QED) is 0.621. The minimum Gasteiger partial charge on any atom is -0.326 e. The molecule has 3 rings (SSSR count). The molecule has 5 nitrogen and oxygen atoms in total. The molecule has 0 spiro atoms. The Morgan fingerprint density at radius 3 is 2.17 bits per heavy atom. The number of nitrogens with one attached hydrogen (secondary N) is 1. The third-order valence-electron chi connectivity index (χ3n) is 4.65. The lowest BCUT2D eigenvalue weighted by Crippen LogP contribution is -2.33. The average molecular weight is 409 g/mol. The number of hydrogen-bond donors (Lipinski definition) is 1. The van der Waals surface area contributed by atoms with Crippen LogP contribution in [0.5, 0.6) is 0 Å². The number of hydrogen-bond acceptors (Lipinski definition) is 3. The molecule has 0 heterocycles. The Morgan fingerprint density at radius 2 is 1.55 bits per heavy atom. The van der Waals surface area contributed by atoms with Crippen molar-refractivity contribution in [1.82, 2.24) is 4.31 Å². The van der Waals surface area contributed by atoms with E-state index in [1.54, 1.807) is 36.4 Å². The van der Waals surface area contributed by atoms with Gasteiger partial charge in [0.05, 0.1) is 4.90 Å². The molecule has 0 radical (unpaired) electrons. The maximum absolute atomic E-state index is 13.5. The summed E-state index contributed by atoms with van der Waals surface area (Å²) in [7, 11) is -3.74. The molecule has 0 aliphatic heterocycles. The summed E-state index contributed by atoms with van der Waals surface area (Å²) in [5, 5.41) is 2.75. The van der Waals surface area contributed by atoms with Gasteiger partial charge in [-0.2, -0.15) is 4.31 Å². The van der Waals surface area contributed by atoms with Crippen LogP contribution in [0.4, 0.5) is 5.69 Å². The molecule has 0 aliphatic carbocycles. The molecule has 1 amide bonds. The number of sulfonamides is 1. The third kappa shape index (κ3) is 5.10. The first-order valence-corrected chi connectivity index (χ1v) is 10.8. The van der Waals surface area contributed by atoms with Crippen LogP contribution < -0.4 is 5.32 Å². The third-order valence-corrected chi connectivity index (χ3v) is 6.58. The average Bonchev–Trinajstić information content (AvgIpc) is 2.72. The SMILES string of the molecule is CC(=O)Nc1cccc([C@@H](C)N(Cc2ccccc2)S(=O)(=O)c2ccccc2)c1. The molecular weight excluding hydrogens is 384 g/mol. The summed E-state index contributed by atoms with van der Waals surface area (Å²) >= 11 is 0. The monoisotopic (exact) mass is 408 g/mol. The minimum atomic E-state index is -3.74. The van der Waals surface area contributed by atoms with Gasteiger partial charge in [-0.1, -0.05) is 60.7 Å². The van der Waals surface area contributed by atoms with Crippen molar-refractivity contribution in [2.24, 2.45) is 0 Å². The second-order valence-electron chi connectivity index (χ2n) is 6.83. The fourth-order valence-electron chi connectivity index (χ4n) is 3.17. The summed E-state index contributed by atoms with van der Waals surface area (Å²) < 4.78 is 28.4. The van der Waals surface area contributed by atoms with Crippen LogP contribution in [0.3, 0.4) is 0 Å². The number of anilines is 1. The van der Waals surface area contributed by atoms with Crippen molar-refractivity contribution in [1.29, 1.82) is 0 Å². The van der Waals surface area contributed by atoms with Crippen molar-refractivity contribution in [3.63, 3.8) is 0 Å². The van der Waals surface area contributed by atoms with Gasteiger partial charge in [-0.3, -0.25) is 4.79 Å². The van der Waals surface area contributed by atoms with E-state index in [-0.39, 0.29) is 17.3 Å². The van der Waals surface area contributed by atoms with Crippen molar-refractivity contribution in [2.45, 2.75) is 31.3 Å². The van der Waals surface area contributed by atoms with Crippen LogP contribution in [-0.4, -0.2) is 18.6 Å². The van der Waals surface area contributed by atoms with Gasteiger partial charge in [-0.25, -0.2) is 8.42 Å². The van der Waals surface area contributed by atoms with Crippen molar-refractivity contribution >= 4 is 21.6 Å². The summed E-state index contributed by atoms with van der Waals surface area (Å²) in [6.07, 6.45) is 0. The lowest BCUT2D eigenvalue weighted by Gasteiger charge is -2.29. The van der Waals surface area contributed by atoms with Crippen LogP contribution >= 0.6 is 0 Å². The predicted molar refractivity (Wildman–Crippen MR) is 115 cm³/mol. The topological polar surface area (TPSA) is 66.5 Å². The Labute approximate surface area is 172 Å². The van der Waals surface area contributed by atoms with Crippen LogP contribution in [0.2, 0.25) is 0 Å². The molecule has 6 heteroatoms. The largest absolute Gasteiger partial charge is 0.326 e. The molecule has 3 aromatic carbocycles. The highest BCUT2D eigenvalue weighted by Gasteiger charge is 2.30. The molecular formula is C23H24N2O3S. The van der Waals surface area contributed by atoms with E-state index in [2.05, 4.69) is 5.32 Å². The highest BCUT2D eigenvalue weighted by molar-refractivity contribution is 7.89. The van der Waals surface area contributed by atoms with Gasteiger partial charge in [-0.15, -0.1) is 0 Å². The summed E-state index contributed by atoms with van der Waals surface area (Å²) in [5.74, 6) is -0.173. The van der Waals surface area contributed by atoms with E-state index in [1.807, 2.05) is 55.5 Å². The van der Waals surface area contributed by atoms with E-state index < -0.39 is 16.1 Å². The van der Waals surface area contributed by atoms with E-state index in [0.29, 0.717) is 5.69 Å². The summed E-state index contributed by atoms with van der Waals surface area (Å²) in [4.78, 5) is 11.6. The van der Waals surface area contributed by atoms with Crippen molar-refractivity contribution in [3.05, 3.63) is 96.1 Å². The van der Waals surface area contributed by atoms with Gasteiger partial charge >= 0.3 is 0 Å². The second kappa shape index (κ2) is 9.03. The molecule has 0 saturated carbocycles. The van der Waals surface area contributed by atoms with Crippen molar-refractivity contribution in [2.75, 3.05) is 5.32 Å². The number of benzene rings is 3. The highest BCUT2D eigenvalue weighted by atomic mass is 32.2.